The van der Waals surface area contributed by atoms with Crippen LogP contribution < -0.4 is 5.32 Å². The molecule has 2 aliphatic carbocycles. The molecule has 0 bridgehead atoms. The highest BCUT2D eigenvalue weighted by atomic mass is 32.1. The number of carbonyl (C=O) groups excluding carboxylic acids is 1. The third-order valence-corrected chi connectivity index (χ3v) is 6.26. The summed E-state index contributed by atoms with van der Waals surface area (Å²) in [5.74, 6) is 0.162. The van der Waals surface area contributed by atoms with Crippen molar-refractivity contribution in [1.82, 2.24) is 5.32 Å². The molecule has 1 unspecified atom stereocenters. The Kier molecular flexibility index (Phi) is 4.39. The summed E-state index contributed by atoms with van der Waals surface area (Å²) in [4.78, 5) is 14.9. The summed E-state index contributed by atoms with van der Waals surface area (Å²) < 4.78 is 0. The molecule has 0 spiro atoms. The number of rotatable bonds is 2. The van der Waals surface area contributed by atoms with E-state index in [-0.39, 0.29) is 5.91 Å². The van der Waals surface area contributed by atoms with Gasteiger partial charge in [-0.1, -0.05) is 26.7 Å². The largest absolute Gasteiger partial charge is 0.349 e. The second-order valence-electron chi connectivity index (χ2n) is 7.55. The minimum Gasteiger partial charge on any atom is -0.349 e. The molecule has 3 heteroatoms. The van der Waals surface area contributed by atoms with Crippen LogP contribution in [0.3, 0.4) is 0 Å². The van der Waals surface area contributed by atoms with Gasteiger partial charge in [0.2, 0.25) is 0 Å². The van der Waals surface area contributed by atoms with E-state index >= 15 is 0 Å². The maximum Gasteiger partial charge on any atom is 0.261 e. The van der Waals surface area contributed by atoms with Gasteiger partial charge in [0, 0.05) is 10.9 Å². The molecule has 116 valence electrons. The average molecular weight is 305 g/mol. The molecule has 1 amide bonds. The van der Waals surface area contributed by atoms with Crippen LogP contribution >= 0.6 is 11.3 Å². The Bertz CT molecular complexity index is 492. The molecule has 1 atom stereocenters. The van der Waals surface area contributed by atoms with Crippen molar-refractivity contribution in [2.75, 3.05) is 0 Å². The molecule has 1 aromatic heterocycles. The van der Waals surface area contributed by atoms with Gasteiger partial charge in [-0.2, -0.15) is 0 Å². The second kappa shape index (κ2) is 6.12. The van der Waals surface area contributed by atoms with E-state index in [1.54, 1.807) is 11.3 Å². The maximum absolute atomic E-state index is 12.5. The lowest BCUT2D eigenvalue weighted by molar-refractivity contribution is 0.0940. The molecule has 2 nitrogen and oxygen atoms in total. The summed E-state index contributed by atoms with van der Waals surface area (Å²) in [7, 11) is 0. The number of fused-ring (bicyclic) bond motifs is 1. The van der Waals surface area contributed by atoms with Crippen molar-refractivity contribution in [2.45, 2.75) is 77.7 Å². The van der Waals surface area contributed by atoms with Crippen LogP contribution in [0.4, 0.5) is 0 Å². The molecular weight excluding hydrogens is 278 g/mol. The first-order valence-corrected chi connectivity index (χ1v) is 9.28. The van der Waals surface area contributed by atoms with Crippen LogP contribution in [0.2, 0.25) is 0 Å². The van der Waals surface area contributed by atoms with Crippen molar-refractivity contribution < 1.29 is 4.79 Å². The molecule has 0 radical (unpaired) electrons. The molecular formula is C18H27NOS. The van der Waals surface area contributed by atoms with Crippen molar-refractivity contribution >= 4 is 17.2 Å². The van der Waals surface area contributed by atoms with E-state index in [0.717, 1.165) is 24.1 Å². The Morgan fingerprint density at radius 2 is 2.00 bits per heavy atom. The van der Waals surface area contributed by atoms with Crippen LogP contribution in [0.5, 0.6) is 0 Å². The molecule has 1 aromatic rings. The summed E-state index contributed by atoms with van der Waals surface area (Å²) in [5.41, 5.74) is 1.83. The minimum absolute atomic E-state index is 0.162. The first kappa shape index (κ1) is 15.1. The van der Waals surface area contributed by atoms with Crippen molar-refractivity contribution in [2.24, 2.45) is 5.41 Å². The average Bonchev–Trinajstić information content (AvgIpc) is 2.93. The highest BCUT2D eigenvalue weighted by Crippen LogP contribution is 2.37. The van der Waals surface area contributed by atoms with Gasteiger partial charge in [-0.3, -0.25) is 4.79 Å². The van der Waals surface area contributed by atoms with E-state index < -0.39 is 0 Å². The Morgan fingerprint density at radius 1 is 1.24 bits per heavy atom. The number of aryl methyl sites for hydroxylation is 2. The Labute approximate surface area is 132 Å². The predicted octanol–water partition coefficient (Wildman–Crippen LogP) is 4.72. The number of hydrogen-bond acceptors (Lipinski definition) is 2. The molecule has 0 aliphatic heterocycles. The fourth-order valence-corrected chi connectivity index (χ4v) is 4.93. The fraction of sp³-hybridized carbons (Fsp3) is 0.722. The van der Waals surface area contributed by atoms with Gasteiger partial charge in [0.15, 0.2) is 0 Å². The fourth-order valence-electron chi connectivity index (χ4n) is 3.77. The number of hydrogen-bond donors (Lipinski definition) is 1. The number of carbonyl (C=O) groups is 1. The normalized spacial score (nSPS) is 25.0. The smallest absolute Gasteiger partial charge is 0.261 e. The zero-order valence-electron chi connectivity index (χ0n) is 13.3. The van der Waals surface area contributed by atoms with Gasteiger partial charge in [0.05, 0.1) is 4.88 Å². The van der Waals surface area contributed by atoms with Crippen LogP contribution in [-0.4, -0.2) is 11.9 Å². The topological polar surface area (TPSA) is 29.1 Å². The van der Waals surface area contributed by atoms with Crippen LogP contribution in [-0.2, 0) is 12.8 Å². The van der Waals surface area contributed by atoms with Crippen LogP contribution in [0.1, 0.15) is 78.9 Å². The Morgan fingerprint density at radius 3 is 2.71 bits per heavy atom. The van der Waals surface area contributed by atoms with E-state index in [4.69, 9.17) is 0 Å². The van der Waals surface area contributed by atoms with Crippen LogP contribution in [0.25, 0.3) is 0 Å². The number of thiophene rings is 1. The summed E-state index contributed by atoms with van der Waals surface area (Å²) in [6.45, 7) is 4.60. The lowest BCUT2D eigenvalue weighted by Gasteiger charge is -2.17. The summed E-state index contributed by atoms with van der Waals surface area (Å²) >= 11 is 1.74. The Hall–Kier alpha value is -0.830. The van der Waals surface area contributed by atoms with E-state index in [0.29, 0.717) is 11.5 Å². The monoisotopic (exact) mass is 305 g/mol. The lowest BCUT2D eigenvalue weighted by Crippen LogP contribution is -2.33. The zero-order valence-corrected chi connectivity index (χ0v) is 14.2. The third kappa shape index (κ3) is 3.68. The van der Waals surface area contributed by atoms with E-state index in [2.05, 4.69) is 25.2 Å². The lowest BCUT2D eigenvalue weighted by atomic mass is 9.92. The van der Waals surface area contributed by atoms with Crippen molar-refractivity contribution in [3.05, 3.63) is 21.4 Å². The van der Waals surface area contributed by atoms with Gasteiger partial charge in [-0.25, -0.2) is 0 Å². The summed E-state index contributed by atoms with van der Waals surface area (Å²) in [5, 5.41) is 3.26. The summed E-state index contributed by atoms with van der Waals surface area (Å²) in [6.07, 6.45) is 11.0. The maximum atomic E-state index is 12.5. The van der Waals surface area contributed by atoms with Crippen molar-refractivity contribution in [3.8, 4) is 0 Å². The molecule has 1 heterocycles. The van der Waals surface area contributed by atoms with Gasteiger partial charge in [0.1, 0.15) is 0 Å². The Balaban J connectivity index is 1.66. The van der Waals surface area contributed by atoms with Crippen molar-refractivity contribution in [3.63, 3.8) is 0 Å². The predicted molar refractivity (Wildman–Crippen MR) is 89.1 cm³/mol. The third-order valence-electron chi connectivity index (χ3n) is 5.02. The summed E-state index contributed by atoms with van der Waals surface area (Å²) in [6, 6.07) is 2.54. The van der Waals surface area contributed by atoms with Crippen molar-refractivity contribution in [1.29, 1.82) is 0 Å². The first-order chi connectivity index (χ1) is 10.0. The molecule has 0 saturated heterocycles. The highest BCUT2D eigenvalue weighted by Gasteiger charge is 2.32. The molecule has 1 N–H and O–H groups in total. The van der Waals surface area contributed by atoms with Crippen LogP contribution in [0.15, 0.2) is 6.07 Å². The first-order valence-electron chi connectivity index (χ1n) is 8.46. The van der Waals surface area contributed by atoms with E-state index in [1.807, 2.05) is 0 Å². The second-order valence-corrected chi connectivity index (χ2v) is 8.69. The van der Waals surface area contributed by atoms with E-state index in [1.165, 1.54) is 49.0 Å². The molecule has 1 saturated carbocycles. The highest BCUT2D eigenvalue weighted by molar-refractivity contribution is 7.14. The molecule has 2 aliphatic rings. The standard InChI is InChI=1S/C18H27NOS/c1-18(2)10-9-14(12-18)19-17(20)16-11-13-7-5-3-4-6-8-15(13)21-16/h11,14H,3-10,12H2,1-2H3,(H,19,20). The van der Waals surface area contributed by atoms with E-state index in [9.17, 15) is 4.79 Å². The number of nitrogens with one attached hydrogen (secondary N) is 1. The molecule has 21 heavy (non-hydrogen) atoms. The quantitative estimate of drug-likeness (QED) is 0.842. The SMILES string of the molecule is CC1(C)CCC(NC(=O)c2cc3c(s2)CCCCCC3)C1. The molecule has 0 aromatic carbocycles. The van der Waals surface area contributed by atoms with Gasteiger partial charge >= 0.3 is 0 Å². The van der Waals surface area contributed by atoms with Crippen LogP contribution in [0, 0.1) is 5.41 Å². The zero-order chi connectivity index (χ0) is 14.9. The van der Waals surface area contributed by atoms with Gasteiger partial charge in [0.25, 0.3) is 5.91 Å². The number of amides is 1. The molecule has 1 fully saturated rings. The molecule has 3 rings (SSSR count). The minimum atomic E-state index is 0.162. The van der Waals surface area contributed by atoms with Gasteiger partial charge in [-0.15, -0.1) is 11.3 Å². The van der Waals surface area contributed by atoms with Gasteiger partial charge in [-0.05, 0) is 62.0 Å². The van der Waals surface area contributed by atoms with Gasteiger partial charge < -0.3 is 5.32 Å².